The third-order valence-corrected chi connectivity index (χ3v) is 4.55. The van der Waals surface area contributed by atoms with Gasteiger partial charge in [0.05, 0.1) is 0 Å². The fraction of sp³-hybridized carbons (Fsp3) is 0.857. The molecule has 2 atom stereocenters. The Balaban J connectivity index is 1.55. The van der Waals surface area contributed by atoms with Crippen LogP contribution in [0.15, 0.2) is 4.52 Å². The average molecular weight is 279 g/mol. The number of nitrogens with two attached hydrogens (primary N) is 1. The van der Waals surface area contributed by atoms with Crippen LogP contribution in [0.2, 0.25) is 0 Å². The minimum absolute atomic E-state index is 0.187. The van der Waals surface area contributed by atoms with Gasteiger partial charge in [0.25, 0.3) is 0 Å². The first-order valence-corrected chi connectivity index (χ1v) is 7.57. The van der Waals surface area contributed by atoms with Crippen LogP contribution in [-0.4, -0.2) is 65.8 Å². The van der Waals surface area contributed by atoms with Crippen molar-refractivity contribution < 1.29 is 4.52 Å². The van der Waals surface area contributed by atoms with Crippen molar-refractivity contribution in [1.29, 1.82) is 0 Å². The summed E-state index contributed by atoms with van der Waals surface area (Å²) in [4.78, 5) is 9.25. The Morgan fingerprint density at radius 3 is 2.90 bits per heavy atom. The van der Waals surface area contributed by atoms with E-state index >= 15 is 0 Å². The number of aromatic nitrogens is 2. The monoisotopic (exact) mass is 279 g/mol. The number of piperazine rings is 1. The predicted octanol–water partition coefficient (Wildman–Crippen LogP) is 0.138. The van der Waals surface area contributed by atoms with Crippen LogP contribution < -0.4 is 5.73 Å². The van der Waals surface area contributed by atoms with Crippen LogP contribution in [0.25, 0.3) is 0 Å². The number of likely N-dealkylation sites (N-methyl/N-ethyl adjacent to an activating group) is 2. The van der Waals surface area contributed by atoms with E-state index in [4.69, 9.17) is 10.3 Å². The molecular weight excluding hydrogens is 254 g/mol. The van der Waals surface area contributed by atoms with Crippen molar-refractivity contribution >= 4 is 0 Å². The molecule has 2 fully saturated rings. The first kappa shape index (κ1) is 14.0. The lowest BCUT2D eigenvalue weighted by molar-refractivity contribution is 0.113. The summed E-state index contributed by atoms with van der Waals surface area (Å²) in [5.41, 5.74) is 6.10. The van der Waals surface area contributed by atoms with Gasteiger partial charge in [-0.1, -0.05) is 5.16 Å². The number of rotatable bonds is 5. The van der Waals surface area contributed by atoms with E-state index in [1.54, 1.807) is 0 Å². The van der Waals surface area contributed by atoms with Gasteiger partial charge in [0, 0.05) is 44.6 Å². The molecule has 2 aliphatic rings. The van der Waals surface area contributed by atoms with Crippen molar-refractivity contribution in [1.82, 2.24) is 19.9 Å². The fourth-order valence-electron chi connectivity index (χ4n) is 2.88. The smallest absolute Gasteiger partial charge is 0.228 e. The van der Waals surface area contributed by atoms with E-state index in [-0.39, 0.29) is 6.04 Å². The van der Waals surface area contributed by atoms with Gasteiger partial charge >= 0.3 is 0 Å². The highest BCUT2D eigenvalue weighted by molar-refractivity contribution is 4.96. The van der Waals surface area contributed by atoms with Crippen LogP contribution in [0.4, 0.5) is 0 Å². The second-order valence-electron chi connectivity index (χ2n) is 6.41. The molecule has 0 amide bonds. The summed E-state index contributed by atoms with van der Waals surface area (Å²) in [7, 11) is 4.33. The summed E-state index contributed by atoms with van der Waals surface area (Å²) in [6.07, 6.45) is 4.07. The molecule has 6 nitrogen and oxygen atoms in total. The van der Waals surface area contributed by atoms with E-state index in [0.29, 0.717) is 17.9 Å². The van der Waals surface area contributed by atoms with Gasteiger partial charge < -0.3 is 20.1 Å². The molecule has 1 aromatic heterocycles. The molecule has 1 aliphatic carbocycles. The van der Waals surface area contributed by atoms with Gasteiger partial charge in [-0.25, -0.2) is 0 Å². The van der Waals surface area contributed by atoms with Crippen LogP contribution >= 0.6 is 0 Å². The second-order valence-corrected chi connectivity index (χ2v) is 6.41. The Bertz CT molecular complexity index is 445. The maximum atomic E-state index is 6.10. The van der Waals surface area contributed by atoms with Crippen molar-refractivity contribution in [3.63, 3.8) is 0 Å². The van der Waals surface area contributed by atoms with E-state index < -0.39 is 0 Å². The normalized spacial score (nSPS) is 26.9. The quantitative estimate of drug-likeness (QED) is 0.826. The Labute approximate surface area is 120 Å². The van der Waals surface area contributed by atoms with Gasteiger partial charge in [-0.3, -0.25) is 0 Å². The van der Waals surface area contributed by atoms with E-state index in [1.807, 2.05) is 0 Å². The molecule has 0 aromatic carbocycles. The molecule has 2 N–H and O–H groups in total. The van der Waals surface area contributed by atoms with Gasteiger partial charge in [-0.15, -0.1) is 0 Å². The lowest BCUT2D eigenvalue weighted by Crippen LogP contribution is -2.50. The van der Waals surface area contributed by atoms with Gasteiger partial charge in [0.15, 0.2) is 5.82 Å². The van der Waals surface area contributed by atoms with Crippen LogP contribution in [-0.2, 0) is 12.8 Å². The summed E-state index contributed by atoms with van der Waals surface area (Å²) in [6, 6.07) is 0.656. The van der Waals surface area contributed by atoms with Crippen LogP contribution in [0.3, 0.4) is 0 Å². The van der Waals surface area contributed by atoms with Crippen molar-refractivity contribution in [3.8, 4) is 0 Å². The van der Waals surface area contributed by atoms with Crippen molar-refractivity contribution in [3.05, 3.63) is 11.7 Å². The Hall–Kier alpha value is -0.980. The molecule has 2 heterocycles. The lowest BCUT2D eigenvalue weighted by Gasteiger charge is -2.37. The number of hydrogen-bond acceptors (Lipinski definition) is 6. The zero-order valence-corrected chi connectivity index (χ0v) is 12.5. The molecule has 1 saturated heterocycles. The number of hydrogen-bond donors (Lipinski definition) is 1. The SMILES string of the molecule is CN1CCN(C)C(Cc2noc(CC(N)C3CC3)n2)C1. The first-order chi connectivity index (χ1) is 9.61. The fourth-order valence-corrected chi connectivity index (χ4v) is 2.88. The molecule has 20 heavy (non-hydrogen) atoms. The van der Waals surface area contributed by atoms with Gasteiger partial charge in [-0.05, 0) is 32.9 Å². The summed E-state index contributed by atoms with van der Waals surface area (Å²) in [5.74, 6) is 2.19. The Morgan fingerprint density at radius 2 is 2.15 bits per heavy atom. The maximum absolute atomic E-state index is 6.10. The maximum Gasteiger partial charge on any atom is 0.228 e. The van der Waals surface area contributed by atoms with Crippen LogP contribution in [0.5, 0.6) is 0 Å². The molecule has 1 saturated carbocycles. The summed E-state index contributed by atoms with van der Waals surface area (Å²) in [6.45, 7) is 3.28. The highest BCUT2D eigenvalue weighted by atomic mass is 16.5. The van der Waals surface area contributed by atoms with E-state index in [1.165, 1.54) is 12.8 Å². The predicted molar refractivity (Wildman–Crippen MR) is 76.3 cm³/mol. The molecule has 3 rings (SSSR count). The van der Waals surface area contributed by atoms with Crippen LogP contribution in [0.1, 0.15) is 24.6 Å². The number of nitrogens with zero attached hydrogens (tertiary/aromatic N) is 4. The van der Waals surface area contributed by atoms with E-state index in [2.05, 4.69) is 34.0 Å². The zero-order valence-electron chi connectivity index (χ0n) is 12.5. The third kappa shape index (κ3) is 3.37. The minimum Gasteiger partial charge on any atom is -0.339 e. The molecular formula is C14H25N5O. The Kier molecular flexibility index (Phi) is 4.05. The largest absolute Gasteiger partial charge is 0.339 e. The van der Waals surface area contributed by atoms with Gasteiger partial charge in [-0.2, -0.15) is 4.98 Å². The van der Waals surface area contributed by atoms with Crippen molar-refractivity contribution in [2.45, 2.75) is 37.8 Å². The highest BCUT2D eigenvalue weighted by Crippen LogP contribution is 2.32. The molecule has 0 bridgehead atoms. The van der Waals surface area contributed by atoms with Crippen molar-refractivity contribution in [2.75, 3.05) is 33.7 Å². The minimum atomic E-state index is 0.187. The highest BCUT2D eigenvalue weighted by Gasteiger charge is 2.30. The second kappa shape index (κ2) is 5.79. The average Bonchev–Trinajstić information content (AvgIpc) is 3.17. The lowest BCUT2D eigenvalue weighted by atomic mass is 10.1. The van der Waals surface area contributed by atoms with Gasteiger partial charge in [0.1, 0.15) is 0 Å². The standard InChI is InChI=1S/C14H25N5O/c1-18-5-6-19(2)11(9-18)7-13-16-14(20-17-13)8-12(15)10-3-4-10/h10-12H,3-9,15H2,1-2H3. The third-order valence-electron chi connectivity index (χ3n) is 4.55. The molecule has 1 aromatic rings. The summed E-state index contributed by atoms with van der Waals surface area (Å²) < 4.78 is 5.34. The molecule has 112 valence electrons. The van der Waals surface area contributed by atoms with E-state index in [9.17, 15) is 0 Å². The summed E-state index contributed by atoms with van der Waals surface area (Å²) >= 11 is 0. The topological polar surface area (TPSA) is 71.4 Å². The Morgan fingerprint density at radius 1 is 1.35 bits per heavy atom. The molecule has 2 unspecified atom stereocenters. The van der Waals surface area contributed by atoms with E-state index in [0.717, 1.165) is 38.3 Å². The van der Waals surface area contributed by atoms with Gasteiger partial charge in [0.2, 0.25) is 5.89 Å². The molecule has 0 radical (unpaired) electrons. The van der Waals surface area contributed by atoms with Crippen LogP contribution in [0, 0.1) is 5.92 Å². The summed E-state index contributed by atoms with van der Waals surface area (Å²) in [5, 5.41) is 4.12. The molecule has 0 spiro atoms. The zero-order chi connectivity index (χ0) is 14.1. The molecule has 1 aliphatic heterocycles. The van der Waals surface area contributed by atoms with Crippen molar-refractivity contribution in [2.24, 2.45) is 11.7 Å². The molecule has 6 heteroatoms. The first-order valence-electron chi connectivity index (χ1n) is 7.57.